The Morgan fingerprint density at radius 1 is 1.32 bits per heavy atom. The zero-order chi connectivity index (χ0) is 13.9. The number of alkyl halides is 3. The van der Waals surface area contributed by atoms with Crippen molar-refractivity contribution in [3.63, 3.8) is 0 Å². The van der Waals surface area contributed by atoms with Crippen LogP contribution < -0.4 is 5.32 Å². The van der Waals surface area contributed by atoms with Gasteiger partial charge in [0.2, 0.25) is 0 Å². The van der Waals surface area contributed by atoms with Crippen LogP contribution in [0, 0.1) is 0 Å². The zero-order valence-electron chi connectivity index (χ0n) is 10.8. The maximum Gasteiger partial charge on any atom is 0.416 e. The van der Waals surface area contributed by atoms with E-state index in [1.165, 1.54) is 6.07 Å². The van der Waals surface area contributed by atoms with Gasteiger partial charge in [-0.15, -0.1) is 0 Å². The summed E-state index contributed by atoms with van der Waals surface area (Å²) in [6, 6.07) is 5.80. The predicted octanol–water partition coefficient (Wildman–Crippen LogP) is 3.36. The molecule has 0 aliphatic carbocycles. The van der Waals surface area contributed by atoms with E-state index in [4.69, 9.17) is 4.74 Å². The van der Waals surface area contributed by atoms with Crippen LogP contribution in [-0.4, -0.2) is 18.7 Å². The Hall–Kier alpha value is -1.07. The Morgan fingerprint density at radius 2 is 2.11 bits per heavy atom. The quantitative estimate of drug-likeness (QED) is 0.911. The summed E-state index contributed by atoms with van der Waals surface area (Å²) in [5.74, 6) is 0. The van der Waals surface area contributed by atoms with Gasteiger partial charge in [0.25, 0.3) is 0 Å². The highest BCUT2D eigenvalue weighted by atomic mass is 19.4. The molecule has 1 aromatic carbocycles. The summed E-state index contributed by atoms with van der Waals surface area (Å²) < 4.78 is 43.3. The summed E-state index contributed by atoms with van der Waals surface area (Å²) in [7, 11) is 0. The van der Waals surface area contributed by atoms with Crippen molar-refractivity contribution in [2.24, 2.45) is 0 Å². The van der Waals surface area contributed by atoms with Crippen LogP contribution in [0.15, 0.2) is 24.3 Å². The molecule has 0 bridgehead atoms. The van der Waals surface area contributed by atoms with Crippen LogP contribution in [0.2, 0.25) is 0 Å². The average Bonchev–Trinajstić information content (AvgIpc) is 2.37. The zero-order valence-corrected chi connectivity index (χ0v) is 10.8. The molecule has 106 valence electrons. The maximum atomic E-state index is 12.6. The fourth-order valence-electron chi connectivity index (χ4n) is 2.17. The summed E-state index contributed by atoms with van der Waals surface area (Å²) in [6.45, 7) is 3.10. The first-order valence-corrected chi connectivity index (χ1v) is 6.46. The molecule has 0 aromatic heterocycles. The monoisotopic (exact) mass is 273 g/mol. The van der Waals surface area contributed by atoms with E-state index in [9.17, 15) is 13.2 Å². The van der Waals surface area contributed by atoms with E-state index in [-0.39, 0.29) is 12.7 Å². The molecule has 1 saturated heterocycles. The highest BCUT2D eigenvalue weighted by molar-refractivity contribution is 5.25. The van der Waals surface area contributed by atoms with Crippen LogP contribution in [0.1, 0.15) is 30.9 Å². The van der Waals surface area contributed by atoms with Crippen molar-refractivity contribution >= 4 is 0 Å². The maximum absolute atomic E-state index is 12.6. The first-order chi connectivity index (χ1) is 8.95. The van der Waals surface area contributed by atoms with E-state index in [0.717, 1.165) is 31.5 Å². The van der Waals surface area contributed by atoms with Crippen LogP contribution in [0.5, 0.6) is 0 Å². The Bertz CT molecular complexity index is 411. The lowest BCUT2D eigenvalue weighted by molar-refractivity contribution is -0.137. The molecular weight excluding hydrogens is 255 g/mol. The number of piperidine rings is 1. The summed E-state index contributed by atoms with van der Waals surface area (Å²) >= 11 is 0. The normalized spacial score (nSPS) is 24.4. The third-order valence-electron chi connectivity index (χ3n) is 3.36. The third-order valence-corrected chi connectivity index (χ3v) is 3.36. The largest absolute Gasteiger partial charge is 0.416 e. The van der Waals surface area contributed by atoms with Crippen molar-refractivity contribution in [3.05, 3.63) is 35.4 Å². The average molecular weight is 273 g/mol. The van der Waals surface area contributed by atoms with Crippen LogP contribution in [-0.2, 0) is 17.5 Å². The van der Waals surface area contributed by atoms with Crippen molar-refractivity contribution < 1.29 is 17.9 Å². The lowest BCUT2D eigenvalue weighted by Crippen LogP contribution is -2.40. The fourth-order valence-corrected chi connectivity index (χ4v) is 2.17. The molecule has 2 nitrogen and oxygen atoms in total. The number of hydrogen-bond acceptors (Lipinski definition) is 2. The van der Waals surface area contributed by atoms with Crippen molar-refractivity contribution in [2.45, 2.75) is 44.7 Å². The molecule has 0 radical (unpaired) electrons. The highest BCUT2D eigenvalue weighted by Crippen LogP contribution is 2.29. The van der Waals surface area contributed by atoms with Crippen LogP contribution in [0.25, 0.3) is 0 Å². The van der Waals surface area contributed by atoms with Gasteiger partial charge in [0.1, 0.15) is 0 Å². The number of nitrogens with one attached hydrogen (secondary N) is 1. The minimum Gasteiger partial charge on any atom is -0.372 e. The van der Waals surface area contributed by atoms with Crippen molar-refractivity contribution in [3.8, 4) is 0 Å². The van der Waals surface area contributed by atoms with Gasteiger partial charge < -0.3 is 10.1 Å². The molecule has 0 spiro atoms. The molecular formula is C14H18F3NO. The van der Waals surface area contributed by atoms with Crippen molar-refractivity contribution in [2.75, 3.05) is 6.54 Å². The Morgan fingerprint density at radius 3 is 2.74 bits per heavy atom. The molecule has 0 saturated carbocycles. The van der Waals surface area contributed by atoms with Gasteiger partial charge in [-0.1, -0.05) is 12.1 Å². The summed E-state index contributed by atoms with van der Waals surface area (Å²) in [4.78, 5) is 0. The molecule has 2 rings (SSSR count). The molecule has 5 heteroatoms. The minimum atomic E-state index is -4.29. The topological polar surface area (TPSA) is 21.3 Å². The molecule has 0 unspecified atom stereocenters. The van der Waals surface area contributed by atoms with Gasteiger partial charge in [-0.05, 0) is 37.5 Å². The number of halogens is 3. The van der Waals surface area contributed by atoms with E-state index in [0.29, 0.717) is 11.6 Å². The van der Waals surface area contributed by atoms with Gasteiger partial charge in [0.05, 0.1) is 18.3 Å². The number of ether oxygens (including phenoxy) is 1. The number of rotatable bonds is 3. The lowest BCUT2D eigenvalue weighted by atomic mass is 10.0. The van der Waals surface area contributed by atoms with Crippen molar-refractivity contribution in [1.29, 1.82) is 0 Å². The highest BCUT2D eigenvalue weighted by Gasteiger charge is 2.30. The molecule has 1 aliphatic rings. The molecule has 0 amide bonds. The molecule has 1 aliphatic heterocycles. The van der Waals surface area contributed by atoms with Gasteiger partial charge in [-0.3, -0.25) is 0 Å². The fraction of sp³-hybridized carbons (Fsp3) is 0.571. The standard InChI is InChI=1S/C14H18F3NO/c1-10-5-6-13(8-18-10)19-9-11-3-2-4-12(7-11)14(15,16)17/h2-4,7,10,13,18H,5-6,8-9H2,1H3/t10-,13+/m1/s1. The second kappa shape index (κ2) is 5.92. The Balaban J connectivity index is 1.89. The number of hydrogen-bond donors (Lipinski definition) is 1. The van der Waals surface area contributed by atoms with Gasteiger partial charge in [0, 0.05) is 12.6 Å². The summed E-state index contributed by atoms with van der Waals surface area (Å²) in [5.41, 5.74) is -0.0579. The molecule has 1 fully saturated rings. The molecule has 19 heavy (non-hydrogen) atoms. The SMILES string of the molecule is C[C@@H]1CC[C@H](OCc2cccc(C(F)(F)F)c2)CN1. The molecule has 1 heterocycles. The second-order valence-electron chi connectivity index (χ2n) is 5.02. The summed E-state index contributed by atoms with van der Waals surface area (Å²) in [6.07, 6.45) is -2.22. The molecule has 2 atom stereocenters. The minimum absolute atomic E-state index is 0.0887. The van der Waals surface area contributed by atoms with Gasteiger partial charge in [-0.25, -0.2) is 0 Å². The molecule has 1 N–H and O–H groups in total. The van der Waals surface area contributed by atoms with Crippen LogP contribution in [0.4, 0.5) is 13.2 Å². The van der Waals surface area contributed by atoms with Gasteiger partial charge >= 0.3 is 6.18 Å². The molecule has 1 aromatic rings. The van der Waals surface area contributed by atoms with Crippen LogP contribution >= 0.6 is 0 Å². The van der Waals surface area contributed by atoms with E-state index in [1.54, 1.807) is 6.07 Å². The lowest BCUT2D eigenvalue weighted by Gasteiger charge is -2.27. The predicted molar refractivity (Wildman–Crippen MR) is 66.7 cm³/mol. The third kappa shape index (κ3) is 4.21. The van der Waals surface area contributed by atoms with Gasteiger partial charge in [0.15, 0.2) is 0 Å². The van der Waals surface area contributed by atoms with Gasteiger partial charge in [-0.2, -0.15) is 13.2 Å². The Kier molecular flexibility index (Phi) is 4.47. The van der Waals surface area contributed by atoms with Crippen LogP contribution in [0.3, 0.4) is 0 Å². The van der Waals surface area contributed by atoms with E-state index in [2.05, 4.69) is 12.2 Å². The van der Waals surface area contributed by atoms with E-state index in [1.807, 2.05) is 0 Å². The van der Waals surface area contributed by atoms with E-state index >= 15 is 0 Å². The van der Waals surface area contributed by atoms with Crippen molar-refractivity contribution in [1.82, 2.24) is 5.32 Å². The Labute approximate surface area is 111 Å². The summed E-state index contributed by atoms with van der Waals surface area (Å²) in [5, 5.41) is 3.30. The first kappa shape index (κ1) is 14.3. The van der Waals surface area contributed by atoms with E-state index < -0.39 is 11.7 Å². The number of benzene rings is 1. The second-order valence-corrected chi connectivity index (χ2v) is 5.02. The first-order valence-electron chi connectivity index (χ1n) is 6.46. The smallest absolute Gasteiger partial charge is 0.372 e.